The molecule has 0 radical (unpaired) electrons. The smallest absolute Gasteiger partial charge is 0.309 e. The second-order valence-corrected chi connectivity index (χ2v) is 3.57. The largest absolute Gasteiger partial charge is 0.394 e. The number of aliphatic hydroxyl groups is 1. The van der Waals surface area contributed by atoms with Gasteiger partial charge in [-0.1, -0.05) is 6.92 Å². The summed E-state index contributed by atoms with van der Waals surface area (Å²) < 4.78 is 5.09. The summed E-state index contributed by atoms with van der Waals surface area (Å²) in [6.45, 7) is 5.16. The minimum absolute atomic E-state index is 0.167. The average molecular weight is 246 g/mol. The summed E-state index contributed by atoms with van der Waals surface area (Å²) in [5, 5.41) is 13.8. The summed E-state index contributed by atoms with van der Waals surface area (Å²) in [5.74, 6) is -1.38. The molecule has 17 heavy (non-hydrogen) atoms. The predicted molar refractivity (Wildman–Crippen MR) is 63.4 cm³/mol. The van der Waals surface area contributed by atoms with E-state index < -0.39 is 11.8 Å². The highest BCUT2D eigenvalue weighted by Crippen LogP contribution is 1.88. The molecule has 0 heterocycles. The van der Waals surface area contributed by atoms with E-state index in [1.165, 1.54) is 0 Å². The Labute approximate surface area is 102 Å². The number of nitrogens with one attached hydrogen (secondary N) is 2. The normalized spacial score (nSPS) is 11.9. The van der Waals surface area contributed by atoms with Crippen LogP contribution in [0.15, 0.2) is 0 Å². The molecule has 0 aliphatic heterocycles. The highest BCUT2D eigenvalue weighted by molar-refractivity contribution is 6.35. The van der Waals surface area contributed by atoms with Crippen molar-refractivity contribution in [3.05, 3.63) is 0 Å². The van der Waals surface area contributed by atoms with Crippen LogP contribution in [0.4, 0.5) is 0 Å². The van der Waals surface area contributed by atoms with Crippen molar-refractivity contribution >= 4 is 11.8 Å². The number of hydrogen-bond acceptors (Lipinski definition) is 4. The molecule has 100 valence electrons. The van der Waals surface area contributed by atoms with E-state index in [2.05, 4.69) is 10.6 Å². The van der Waals surface area contributed by atoms with Gasteiger partial charge in [-0.05, 0) is 19.8 Å². The maximum absolute atomic E-state index is 11.3. The highest BCUT2D eigenvalue weighted by atomic mass is 16.5. The molecule has 0 aliphatic carbocycles. The number of amides is 2. The summed E-state index contributed by atoms with van der Waals surface area (Å²) in [7, 11) is 0. The van der Waals surface area contributed by atoms with E-state index in [0.717, 1.165) is 0 Å². The lowest BCUT2D eigenvalue weighted by molar-refractivity contribution is -0.139. The Hall–Kier alpha value is -1.14. The van der Waals surface area contributed by atoms with Gasteiger partial charge in [-0.25, -0.2) is 0 Å². The summed E-state index contributed by atoms with van der Waals surface area (Å²) >= 11 is 0. The van der Waals surface area contributed by atoms with Crippen molar-refractivity contribution in [1.29, 1.82) is 0 Å². The van der Waals surface area contributed by atoms with Crippen LogP contribution in [0.5, 0.6) is 0 Å². The van der Waals surface area contributed by atoms with Crippen LogP contribution in [0, 0.1) is 0 Å². The number of ether oxygens (including phenoxy) is 1. The van der Waals surface area contributed by atoms with Crippen molar-refractivity contribution < 1.29 is 19.4 Å². The van der Waals surface area contributed by atoms with E-state index in [0.29, 0.717) is 32.6 Å². The Kier molecular flexibility index (Phi) is 9.37. The fraction of sp³-hybridized carbons (Fsp3) is 0.818. The third-order valence-electron chi connectivity index (χ3n) is 2.21. The maximum atomic E-state index is 11.3. The first kappa shape index (κ1) is 15.9. The Morgan fingerprint density at radius 2 is 2.00 bits per heavy atom. The van der Waals surface area contributed by atoms with Gasteiger partial charge in [0.25, 0.3) is 0 Å². The number of carbonyl (C=O) groups excluding carboxylic acids is 2. The van der Waals surface area contributed by atoms with E-state index in [4.69, 9.17) is 9.84 Å². The summed E-state index contributed by atoms with van der Waals surface area (Å²) in [4.78, 5) is 22.6. The molecule has 2 amide bonds. The average Bonchev–Trinajstić information content (AvgIpc) is 2.35. The molecule has 0 fully saturated rings. The first-order chi connectivity index (χ1) is 8.15. The van der Waals surface area contributed by atoms with Crippen LogP contribution >= 0.6 is 0 Å². The van der Waals surface area contributed by atoms with Crippen molar-refractivity contribution in [1.82, 2.24) is 10.6 Å². The van der Waals surface area contributed by atoms with E-state index in [-0.39, 0.29) is 12.6 Å². The van der Waals surface area contributed by atoms with Gasteiger partial charge >= 0.3 is 11.8 Å². The van der Waals surface area contributed by atoms with Gasteiger partial charge in [0.1, 0.15) is 0 Å². The predicted octanol–water partition coefficient (Wildman–Crippen LogP) is -0.584. The van der Waals surface area contributed by atoms with Crippen LogP contribution in [-0.2, 0) is 14.3 Å². The van der Waals surface area contributed by atoms with Gasteiger partial charge in [-0.2, -0.15) is 0 Å². The molecule has 0 spiro atoms. The molecule has 0 unspecified atom stereocenters. The molecule has 0 aromatic carbocycles. The van der Waals surface area contributed by atoms with Crippen LogP contribution in [0.1, 0.15) is 26.7 Å². The molecule has 0 aliphatic rings. The van der Waals surface area contributed by atoms with Gasteiger partial charge < -0.3 is 20.5 Å². The van der Waals surface area contributed by atoms with Gasteiger partial charge in [-0.3, -0.25) is 9.59 Å². The van der Waals surface area contributed by atoms with Gasteiger partial charge in [0, 0.05) is 19.8 Å². The van der Waals surface area contributed by atoms with E-state index in [1.54, 1.807) is 0 Å². The molecule has 0 aromatic rings. The fourth-order valence-corrected chi connectivity index (χ4v) is 1.13. The quantitative estimate of drug-likeness (QED) is 0.395. The third-order valence-corrected chi connectivity index (χ3v) is 2.21. The summed E-state index contributed by atoms with van der Waals surface area (Å²) in [6, 6.07) is -0.364. The standard InChI is InChI=1S/C11H22N2O4/c1-3-9(8-14)13-11(16)10(15)12-6-5-7-17-4-2/h9,14H,3-8H2,1-2H3,(H,12,15)(H,13,16)/t9-/m0/s1. The van der Waals surface area contributed by atoms with Crippen LogP contribution in [-0.4, -0.2) is 49.3 Å². The van der Waals surface area contributed by atoms with Gasteiger partial charge in [0.05, 0.1) is 12.6 Å². The van der Waals surface area contributed by atoms with E-state index in [9.17, 15) is 9.59 Å². The van der Waals surface area contributed by atoms with Crippen molar-refractivity contribution in [2.45, 2.75) is 32.7 Å². The number of hydrogen-bond donors (Lipinski definition) is 3. The Bertz CT molecular complexity index is 230. The zero-order valence-corrected chi connectivity index (χ0v) is 10.5. The summed E-state index contributed by atoms with van der Waals surface area (Å²) in [6.07, 6.45) is 1.25. The fourth-order valence-electron chi connectivity index (χ4n) is 1.13. The van der Waals surface area contributed by atoms with E-state index >= 15 is 0 Å². The highest BCUT2D eigenvalue weighted by Gasteiger charge is 2.16. The topological polar surface area (TPSA) is 87.7 Å². The maximum Gasteiger partial charge on any atom is 0.309 e. The van der Waals surface area contributed by atoms with Crippen molar-refractivity contribution in [3.8, 4) is 0 Å². The zero-order valence-electron chi connectivity index (χ0n) is 10.5. The number of rotatable bonds is 8. The minimum Gasteiger partial charge on any atom is -0.394 e. The first-order valence-electron chi connectivity index (χ1n) is 5.92. The lowest BCUT2D eigenvalue weighted by Crippen LogP contribution is -2.46. The van der Waals surface area contributed by atoms with Crippen LogP contribution in [0.2, 0.25) is 0 Å². The molecule has 3 N–H and O–H groups in total. The molecule has 1 atom stereocenters. The second-order valence-electron chi connectivity index (χ2n) is 3.57. The van der Waals surface area contributed by atoms with Crippen molar-refractivity contribution in [3.63, 3.8) is 0 Å². The van der Waals surface area contributed by atoms with E-state index in [1.807, 2.05) is 13.8 Å². The van der Waals surface area contributed by atoms with Crippen LogP contribution < -0.4 is 10.6 Å². The molecule has 0 bridgehead atoms. The molecule has 0 rings (SSSR count). The van der Waals surface area contributed by atoms with Gasteiger partial charge in [-0.15, -0.1) is 0 Å². The Balaban J connectivity index is 3.71. The van der Waals surface area contributed by atoms with Gasteiger partial charge in [0.15, 0.2) is 0 Å². The molecule has 0 aromatic heterocycles. The van der Waals surface area contributed by atoms with Crippen molar-refractivity contribution in [2.75, 3.05) is 26.4 Å². The minimum atomic E-state index is -0.706. The number of aliphatic hydroxyl groups excluding tert-OH is 1. The third kappa shape index (κ3) is 7.70. The zero-order chi connectivity index (χ0) is 13.1. The van der Waals surface area contributed by atoms with Crippen LogP contribution in [0.25, 0.3) is 0 Å². The number of carbonyl (C=O) groups is 2. The lowest BCUT2D eigenvalue weighted by atomic mass is 10.2. The lowest BCUT2D eigenvalue weighted by Gasteiger charge is -2.13. The van der Waals surface area contributed by atoms with Crippen molar-refractivity contribution in [2.24, 2.45) is 0 Å². The molecule has 6 heteroatoms. The molecular formula is C11H22N2O4. The Morgan fingerprint density at radius 3 is 2.53 bits per heavy atom. The molecular weight excluding hydrogens is 224 g/mol. The SMILES string of the molecule is CCOCCCNC(=O)C(=O)N[C@@H](CC)CO. The second kappa shape index (κ2) is 10.0. The Morgan fingerprint density at radius 1 is 1.29 bits per heavy atom. The van der Waals surface area contributed by atoms with Crippen LogP contribution in [0.3, 0.4) is 0 Å². The first-order valence-corrected chi connectivity index (χ1v) is 5.92. The van der Waals surface area contributed by atoms with Gasteiger partial charge in [0.2, 0.25) is 0 Å². The molecule has 0 saturated heterocycles. The molecule has 6 nitrogen and oxygen atoms in total. The molecule has 0 saturated carbocycles. The summed E-state index contributed by atoms with van der Waals surface area (Å²) in [5.41, 5.74) is 0. The monoisotopic (exact) mass is 246 g/mol.